The Morgan fingerprint density at radius 1 is 1.23 bits per heavy atom. The molecule has 0 radical (unpaired) electrons. The number of rotatable bonds is 3. The number of anilines is 1. The van der Waals surface area contributed by atoms with Gasteiger partial charge in [0.2, 0.25) is 11.8 Å². The number of nitrogens with zero attached hydrogens (tertiary/aromatic N) is 4. The Kier molecular flexibility index (Phi) is 5.21. The number of pyridine rings is 1. The lowest BCUT2D eigenvalue weighted by Crippen LogP contribution is -2.81. The van der Waals surface area contributed by atoms with E-state index in [4.69, 9.17) is 11.6 Å². The van der Waals surface area contributed by atoms with Crippen molar-refractivity contribution in [2.45, 2.75) is 32.4 Å². The number of hydrogen-bond donors (Lipinski definition) is 0. The molecular weight excluding hydrogens is 423 g/mol. The Hall–Kier alpha value is -3.00. The van der Waals surface area contributed by atoms with Gasteiger partial charge in [-0.25, -0.2) is 9.37 Å². The number of piperazine rings is 1. The van der Waals surface area contributed by atoms with Gasteiger partial charge in [-0.2, -0.15) is 0 Å². The van der Waals surface area contributed by atoms with Crippen molar-refractivity contribution in [3.05, 3.63) is 58.5 Å². The van der Waals surface area contributed by atoms with Gasteiger partial charge in [0.1, 0.15) is 6.54 Å². The van der Waals surface area contributed by atoms with Crippen molar-refractivity contribution in [3.8, 4) is 0 Å². The summed E-state index contributed by atoms with van der Waals surface area (Å²) >= 11 is 5.79. The quantitative estimate of drug-likeness (QED) is 0.729. The van der Waals surface area contributed by atoms with Crippen molar-refractivity contribution in [2.24, 2.45) is 0 Å². The van der Waals surface area contributed by atoms with Crippen LogP contribution in [-0.4, -0.2) is 57.7 Å². The summed E-state index contributed by atoms with van der Waals surface area (Å²) in [5, 5.41) is 0.0905. The van der Waals surface area contributed by atoms with Crippen molar-refractivity contribution < 1.29 is 18.8 Å². The number of hydrogen-bond acceptors (Lipinski definition) is 4. The minimum absolute atomic E-state index is 0.0504. The molecule has 2 aliphatic rings. The number of aromatic nitrogens is 1. The summed E-state index contributed by atoms with van der Waals surface area (Å²) in [7, 11) is 0. The van der Waals surface area contributed by atoms with Crippen LogP contribution in [0.4, 0.5) is 10.2 Å². The summed E-state index contributed by atoms with van der Waals surface area (Å²) in [6, 6.07) is 8.36. The van der Waals surface area contributed by atoms with Crippen LogP contribution in [0.1, 0.15) is 31.0 Å². The number of aryl methyl sites for hydroxylation is 1. The highest BCUT2D eigenvalue weighted by atomic mass is 35.5. The molecule has 0 bridgehead atoms. The fourth-order valence-electron chi connectivity index (χ4n) is 4.33. The molecule has 1 aromatic heterocycles. The third kappa shape index (κ3) is 3.44. The van der Waals surface area contributed by atoms with E-state index in [1.807, 2.05) is 38.1 Å². The predicted molar refractivity (Wildman–Crippen MR) is 113 cm³/mol. The Morgan fingerprint density at radius 2 is 1.87 bits per heavy atom. The number of halogens is 2. The first-order valence-corrected chi connectivity index (χ1v) is 10.3. The molecule has 3 amide bonds. The van der Waals surface area contributed by atoms with Gasteiger partial charge >= 0.3 is 0 Å². The molecule has 2 saturated heterocycles. The van der Waals surface area contributed by atoms with Gasteiger partial charge in [0.05, 0.1) is 24.2 Å². The average molecular weight is 445 g/mol. The molecule has 1 atom stereocenters. The highest BCUT2D eigenvalue weighted by molar-refractivity contribution is 6.30. The maximum atomic E-state index is 14.5. The van der Waals surface area contributed by atoms with E-state index in [2.05, 4.69) is 4.98 Å². The maximum Gasteiger partial charge on any atom is 0.258 e. The Labute approximate surface area is 184 Å². The second-order valence-electron chi connectivity index (χ2n) is 8.11. The molecule has 1 spiro atoms. The lowest BCUT2D eigenvalue weighted by atomic mass is 9.81. The van der Waals surface area contributed by atoms with Crippen LogP contribution in [0.15, 0.2) is 36.5 Å². The minimum atomic E-state index is -1.28. The minimum Gasteiger partial charge on any atom is -0.337 e. The second kappa shape index (κ2) is 7.60. The molecule has 0 unspecified atom stereocenters. The number of carbonyl (C=O) groups excluding carboxylic acids is 3. The SMILES string of the molecule is CC(=O)N1CC2(C1)C(=O)N(c1ncc(Cl)cc1F)CC(=O)N2[C@@H](C)c1ccc(C)cc1. The van der Waals surface area contributed by atoms with Crippen LogP contribution < -0.4 is 4.90 Å². The number of benzene rings is 1. The average Bonchev–Trinajstić information content (AvgIpc) is 2.67. The molecular formula is C22H22ClFN4O3. The van der Waals surface area contributed by atoms with Gasteiger partial charge in [0.15, 0.2) is 17.2 Å². The highest BCUT2D eigenvalue weighted by Gasteiger charge is 2.62. The van der Waals surface area contributed by atoms with Gasteiger partial charge < -0.3 is 9.80 Å². The van der Waals surface area contributed by atoms with Gasteiger partial charge in [0, 0.05) is 13.1 Å². The third-order valence-electron chi connectivity index (χ3n) is 6.01. The normalized spacial score (nSPS) is 18.9. The van der Waals surface area contributed by atoms with Crippen molar-refractivity contribution in [1.82, 2.24) is 14.8 Å². The Bertz CT molecular complexity index is 1070. The van der Waals surface area contributed by atoms with E-state index in [-0.39, 0.29) is 42.3 Å². The molecule has 2 aliphatic heterocycles. The van der Waals surface area contributed by atoms with E-state index in [1.165, 1.54) is 18.0 Å². The second-order valence-corrected chi connectivity index (χ2v) is 8.54. The zero-order valence-electron chi connectivity index (χ0n) is 17.4. The molecule has 9 heteroatoms. The van der Waals surface area contributed by atoms with E-state index >= 15 is 0 Å². The van der Waals surface area contributed by atoms with Crippen LogP contribution in [0.3, 0.4) is 0 Å². The summed E-state index contributed by atoms with van der Waals surface area (Å²) in [5.74, 6) is -2.02. The van der Waals surface area contributed by atoms with E-state index in [0.29, 0.717) is 0 Å². The van der Waals surface area contributed by atoms with Crippen LogP contribution in [0.25, 0.3) is 0 Å². The molecule has 0 aliphatic carbocycles. The van der Waals surface area contributed by atoms with Gasteiger partial charge in [-0.1, -0.05) is 41.4 Å². The van der Waals surface area contributed by atoms with Gasteiger partial charge in [0.25, 0.3) is 5.91 Å². The number of likely N-dealkylation sites (tertiary alicyclic amines) is 1. The first-order valence-electron chi connectivity index (χ1n) is 9.91. The molecule has 1 aromatic carbocycles. The fourth-order valence-corrected chi connectivity index (χ4v) is 4.47. The lowest BCUT2D eigenvalue weighted by Gasteiger charge is -2.59. The van der Waals surface area contributed by atoms with E-state index in [0.717, 1.165) is 22.1 Å². The number of carbonyl (C=O) groups is 3. The lowest BCUT2D eigenvalue weighted by molar-refractivity contribution is -0.172. The Balaban J connectivity index is 1.75. The molecule has 3 heterocycles. The topological polar surface area (TPSA) is 73.8 Å². The first-order chi connectivity index (χ1) is 14.6. The standard InChI is InChI=1S/C22H22ClFN4O3/c1-13-4-6-16(7-5-13)14(2)28-19(30)10-27(20-18(24)8-17(23)9-25-20)21(31)22(28)11-26(12-22)15(3)29/h4-9,14H,10-12H2,1-3H3/t14-/m0/s1. The number of amides is 3. The van der Waals surface area contributed by atoms with Gasteiger partial charge in [-0.15, -0.1) is 0 Å². The van der Waals surface area contributed by atoms with Gasteiger partial charge in [-0.05, 0) is 25.5 Å². The Morgan fingerprint density at radius 3 is 2.45 bits per heavy atom. The van der Waals surface area contributed by atoms with Gasteiger partial charge in [-0.3, -0.25) is 19.3 Å². The zero-order chi connectivity index (χ0) is 22.5. The molecule has 0 N–H and O–H groups in total. The van der Waals surface area contributed by atoms with E-state index < -0.39 is 23.3 Å². The van der Waals surface area contributed by atoms with Crippen LogP contribution in [0, 0.1) is 12.7 Å². The molecule has 2 fully saturated rings. The summed E-state index contributed by atoms with van der Waals surface area (Å²) < 4.78 is 14.5. The monoisotopic (exact) mass is 444 g/mol. The molecule has 4 rings (SSSR count). The molecule has 0 saturated carbocycles. The van der Waals surface area contributed by atoms with Crippen molar-refractivity contribution in [2.75, 3.05) is 24.5 Å². The summed E-state index contributed by atoms with van der Waals surface area (Å²) in [6.07, 6.45) is 1.23. The van der Waals surface area contributed by atoms with Crippen molar-refractivity contribution in [3.63, 3.8) is 0 Å². The zero-order valence-corrected chi connectivity index (χ0v) is 18.2. The highest BCUT2D eigenvalue weighted by Crippen LogP contribution is 2.40. The third-order valence-corrected chi connectivity index (χ3v) is 6.21. The summed E-state index contributed by atoms with van der Waals surface area (Å²) in [4.78, 5) is 46.9. The van der Waals surface area contributed by atoms with E-state index in [9.17, 15) is 18.8 Å². The molecule has 162 valence electrons. The first kappa shape index (κ1) is 21.2. The fraction of sp³-hybridized carbons (Fsp3) is 0.364. The van der Waals surface area contributed by atoms with Crippen LogP contribution >= 0.6 is 11.6 Å². The van der Waals surface area contributed by atoms with Crippen LogP contribution in [0.2, 0.25) is 5.02 Å². The van der Waals surface area contributed by atoms with E-state index in [1.54, 1.807) is 4.90 Å². The van der Waals surface area contributed by atoms with Crippen molar-refractivity contribution in [1.29, 1.82) is 0 Å². The molecule has 31 heavy (non-hydrogen) atoms. The predicted octanol–water partition coefficient (Wildman–Crippen LogP) is 2.72. The molecule has 2 aromatic rings. The smallest absolute Gasteiger partial charge is 0.258 e. The summed E-state index contributed by atoms with van der Waals surface area (Å²) in [5.41, 5.74) is 0.671. The van der Waals surface area contributed by atoms with Crippen molar-refractivity contribution >= 4 is 35.1 Å². The maximum absolute atomic E-state index is 14.5. The van der Waals surface area contributed by atoms with Crippen LogP contribution in [-0.2, 0) is 14.4 Å². The largest absolute Gasteiger partial charge is 0.337 e. The summed E-state index contributed by atoms with van der Waals surface area (Å²) in [6.45, 7) is 4.98. The molecule has 7 nitrogen and oxygen atoms in total. The van der Waals surface area contributed by atoms with Crippen LogP contribution in [0.5, 0.6) is 0 Å².